The number of non-ortho nitro benzene ring substituents is 1. The summed E-state index contributed by atoms with van der Waals surface area (Å²) in [4.78, 5) is 10.2. The minimum atomic E-state index is -0.433. The number of hydrogen-bond donors (Lipinski definition) is 1. The van der Waals surface area contributed by atoms with Gasteiger partial charge in [0.15, 0.2) is 0 Å². The van der Waals surface area contributed by atoms with E-state index in [1.165, 1.54) is 12.1 Å². The summed E-state index contributed by atoms with van der Waals surface area (Å²) in [6.45, 7) is 7.70. The first kappa shape index (κ1) is 12.6. The van der Waals surface area contributed by atoms with Gasteiger partial charge in [-0.1, -0.05) is 19.9 Å². The number of rotatable bonds is 4. The van der Waals surface area contributed by atoms with Gasteiger partial charge in [-0.2, -0.15) is 0 Å². The van der Waals surface area contributed by atoms with E-state index in [4.69, 9.17) is 5.11 Å². The third-order valence-corrected chi connectivity index (χ3v) is 2.56. The highest BCUT2D eigenvalue weighted by Crippen LogP contribution is 2.29. The zero-order chi connectivity index (χ0) is 12.3. The summed E-state index contributed by atoms with van der Waals surface area (Å²) < 4.78 is 0. The Morgan fingerprint density at radius 3 is 2.50 bits per heavy atom. The fraction of sp³-hybridized carbons (Fsp3) is 0.417. The summed E-state index contributed by atoms with van der Waals surface area (Å²) in [5.41, 5.74) is 1.80. The van der Waals surface area contributed by atoms with Crippen molar-refractivity contribution >= 4 is 5.69 Å². The average Bonchev–Trinajstić information content (AvgIpc) is 2.26. The SMILES string of the molecule is [CH2]C(CO)c1cc([N+](=O)[O-])ccc1C(C)C. The van der Waals surface area contributed by atoms with Crippen LogP contribution in [0, 0.1) is 17.0 Å². The van der Waals surface area contributed by atoms with Crippen LogP contribution in [-0.4, -0.2) is 16.6 Å². The number of aliphatic hydroxyl groups is 1. The van der Waals surface area contributed by atoms with Crippen LogP contribution in [-0.2, 0) is 0 Å². The number of nitro groups is 1. The molecule has 4 heteroatoms. The van der Waals surface area contributed by atoms with Crippen LogP contribution in [0.5, 0.6) is 0 Å². The molecule has 0 amide bonds. The van der Waals surface area contributed by atoms with Crippen molar-refractivity contribution in [3.63, 3.8) is 0 Å². The molecule has 1 aromatic carbocycles. The Bertz CT molecular complexity index is 388. The van der Waals surface area contributed by atoms with Gasteiger partial charge in [0.1, 0.15) is 0 Å². The van der Waals surface area contributed by atoms with Gasteiger partial charge in [-0.3, -0.25) is 10.1 Å². The Balaban J connectivity index is 3.26. The van der Waals surface area contributed by atoms with Gasteiger partial charge < -0.3 is 5.11 Å². The first-order valence-corrected chi connectivity index (χ1v) is 5.19. The van der Waals surface area contributed by atoms with E-state index >= 15 is 0 Å². The standard InChI is InChI=1S/C12H16NO3/c1-8(2)11-5-4-10(13(15)16)6-12(11)9(3)7-14/h4-6,8-9,14H,3,7H2,1-2H3. The first-order chi connectivity index (χ1) is 7.47. The normalized spacial score (nSPS) is 12.8. The van der Waals surface area contributed by atoms with E-state index in [2.05, 4.69) is 6.92 Å². The number of hydrogen-bond acceptors (Lipinski definition) is 3. The van der Waals surface area contributed by atoms with E-state index in [9.17, 15) is 10.1 Å². The highest BCUT2D eigenvalue weighted by molar-refractivity contribution is 5.43. The zero-order valence-corrected chi connectivity index (χ0v) is 9.51. The van der Waals surface area contributed by atoms with Gasteiger partial charge >= 0.3 is 0 Å². The van der Waals surface area contributed by atoms with Crippen molar-refractivity contribution in [3.05, 3.63) is 46.4 Å². The number of nitro benzene ring substituents is 1. The summed E-state index contributed by atoms with van der Waals surface area (Å²) in [6, 6.07) is 4.73. The highest BCUT2D eigenvalue weighted by Gasteiger charge is 2.16. The smallest absolute Gasteiger partial charge is 0.269 e. The molecule has 87 valence electrons. The van der Waals surface area contributed by atoms with Crippen LogP contribution in [0.15, 0.2) is 18.2 Å². The van der Waals surface area contributed by atoms with Crippen LogP contribution in [0.2, 0.25) is 0 Å². The number of aliphatic hydroxyl groups excluding tert-OH is 1. The molecule has 16 heavy (non-hydrogen) atoms. The lowest BCUT2D eigenvalue weighted by molar-refractivity contribution is -0.384. The van der Waals surface area contributed by atoms with Crippen LogP contribution in [0.4, 0.5) is 5.69 Å². The van der Waals surface area contributed by atoms with Crippen LogP contribution in [0.1, 0.15) is 36.8 Å². The molecule has 1 unspecified atom stereocenters. The molecular formula is C12H16NO3. The molecule has 0 aliphatic heterocycles. The van der Waals surface area contributed by atoms with Gasteiger partial charge in [-0.15, -0.1) is 0 Å². The van der Waals surface area contributed by atoms with Crippen molar-refractivity contribution in [1.29, 1.82) is 0 Å². The molecule has 1 N–H and O–H groups in total. The van der Waals surface area contributed by atoms with E-state index in [0.29, 0.717) is 0 Å². The van der Waals surface area contributed by atoms with Gasteiger partial charge in [0.2, 0.25) is 0 Å². The molecule has 0 aliphatic rings. The predicted octanol–water partition coefficient (Wildman–Crippen LogP) is 2.63. The van der Waals surface area contributed by atoms with Crippen LogP contribution < -0.4 is 0 Å². The molecule has 0 fully saturated rings. The molecule has 1 aromatic rings. The topological polar surface area (TPSA) is 63.4 Å². The van der Waals surface area contributed by atoms with Crippen LogP contribution in [0.25, 0.3) is 0 Å². The lowest BCUT2D eigenvalue weighted by atomic mass is 9.90. The molecule has 0 bridgehead atoms. The lowest BCUT2D eigenvalue weighted by Gasteiger charge is -2.16. The summed E-state index contributed by atoms with van der Waals surface area (Å²) in [5, 5.41) is 19.8. The van der Waals surface area contributed by atoms with Crippen molar-refractivity contribution in [2.45, 2.75) is 25.7 Å². The second-order valence-electron chi connectivity index (χ2n) is 4.10. The largest absolute Gasteiger partial charge is 0.396 e. The minimum absolute atomic E-state index is 0.0431. The second-order valence-corrected chi connectivity index (χ2v) is 4.10. The molecule has 0 spiro atoms. The molecule has 4 nitrogen and oxygen atoms in total. The van der Waals surface area contributed by atoms with E-state index < -0.39 is 4.92 Å². The molecule has 0 aliphatic carbocycles. The Morgan fingerprint density at radius 2 is 2.06 bits per heavy atom. The monoisotopic (exact) mass is 222 g/mol. The van der Waals surface area contributed by atoms with Crippen molar-refractivity contribution in [1.82, 2.24) is 0 Å². The van der Waals surface area contributed by atoms with E-state index in [1.54, 1.807) is 6.07 Å². The van der Waals surface area contributed by atoms with Crippen molar-refractivity contribution in [3.8, 4) is 0 Å². The molecule has 0 saturated heterocycles. The van der Waals surface area contributed by atoms with E-state index in [0.717, 1.165) is 11.1 Å². The predicted molar refractivity (Wildman–Crippen MR) is 62.4 cm³/mol. The Labute approximate surface area is 95.1 Å². The van der Waals surface area contributed by atoms with Crippen LogP contribution in [0.3, 0.4) is 0 Å². The van der Waals surface area contributed by atoms with E-state index in [-0.39, 0.29) is 24.1 Å². The van der Waals surface area contributed by atoms with Gasteiger partial charge in [0.25, 0.3) is 5.69 Å². The van der Waals surface area contributed by atoms with Crippen molar-refractivity contribution in [2.75, 3.05) is 6.61 Å². The maximum atomic E-state index is 10.7. The number of nitrogens with zero attached hydrogens (tertiary/aromatic N) is 1. The number of benzene rings is 1. The Hall–Kier alpha value is -1.42. The minimum Gasteiger partial charge on any atom is -0.396 e. The second kappa shape index (κ2) is 5.07. The summed E-state index contributed by atoms with van der Waals surface area (Å²) >= 11 is 0. The summed E-state index contributed by atoms with van der Waals surface area (Å²) in [6.07, 6.45) is 0. The maximum Gasteiger partial charge on any atom is 0.269 e. The summed E-state index contributed by atoms with van der Waals surface area (Å²) in [7, 11) is 0. The quantitative estimate of drug-likeness (QED) is 0.629. The maximum absolute atomic E-state index is 10.7. The van der Waals surface area contributed by atoms with Crippen LogP contribution >= 0.6 is 0 Å². The van der Waals surface area contributed by atoms with Gasteiger partial charge in [0.05, 0.1) is 4.92 Å². The third-order valence-electron chi connectivity index (χ3n) is 2.56. The zero-order valence-electron chi connectivity index (χ0n) is 9.51. The molecule has 0 saturated carbocycles. The van der Waals surface area contributed by atoms with E-state index in [1.807, 2.05) is 13.8 Å². The fourth-order valence-corrected chi connectivity index (χ4v) is 1.65. The van der Waals surface area contributed by atoms with Gasteiger partial charge in [-0.25, -0.2) is 0 Å². The highest BCUT2D eigenvalue weighted by atomic mass is 16.6. The first-order valence-electron chi connectivity index (χ1n) is 5.19. The molecule has 0 aromatic heterocycles. The third kappa shape index (κ3) is 2.58. The van der Waals surface area contributed by atoms with Gasteiger partial charge in [0, 0.05) is 24.7 Å². The van der Waals surface area contributed by atoms with Crippen molar-refractivity contribution < 1.29 is 10.0 Å². The molecular weight excluding hydrogens is 206 g/mol. The molecule has 0 heterocycles. The van der Waals surface area contributed by atoms with Gasteiger partial charge in [-0.05, 0) is 24.0 Å². The van der Waals surface area contributed by atoms with Crippen molar-refractivity contribution in [2.24, 2.45) is 0 Å². The Morgan fingerprint density at radius 1 is 1.44 bits per heavy atom. The average molecular weight is 222 g/mol. The fourth-order valence-electron chi connectivity index (χ4n) is 1.65. The summed E-state index contributed by atoms with van der Waals surface area (Å²) in [5.74, 6) is -0.0658. The lowest BCUT2D eigenvalue weighted by Crippen LogP contribution is -2.06. The molecule has 1 atom stereocenters. The Kier molecular flexibility index (Phi) is 4.01. The molecule has 1 radical (unpaired) electrons. The molecule has 1 rings (SSSR count).